The molecule has 0 bridgehead atoms. The summed E-state index contributed by atoms with van der Waals surface area (Å²) in [5.41, 5.74) is 8.35. The lowest BCUT2D eigenvalue weighted by Gasteiger charge is -2.25. The largest absolute Gasteiger partial charge is 0.455 e. The molecular formula is C15H16N4O. The van der Waals surface area contributed by atoms with E-state index < -0.39 is 0 Å². The second-order valence-corrected chi connectivity index (χ2v) is 4.84. The van der Waals surface area contributed by atoms with Crippen molar-refractivity contribution in [1.29, 1.82) is 5.41 Å². The average molecular weight is 268 g/mol. The lowest BCUT2D eigenvalue weighted by atomic mass is 9.89. The first-order chi connectivity index (χ1) is 9.74. The van der Waals surface area contributed by atoms with Crippen molar-refractivity contribution in [3.63, 3.8) is 0 Å². The van der Waals surface area contributed by atoms with Crippen LogP contribution >= 0.6 is 0 Å². The highest BCUT2D eigenvalue weighted by molar-refractivity contribution is 5.92. The zero-order valence-electron chi connectivity index (χ0n) is 11.0. The molecule has 0 saturated heterocycles. The van der Waals surface area contributed by atoms with E-state index >= 15 is 0 Å². The molecule has 102 valence electrons. The summed E-state index contributed by atoms with van der Waals surface area (Å²) in [5.74, 6) is -0.0821. The fourth-order valence-corrected chi connectivity index (χ4v) is 2.51. The first kappa shape index (κ1) is 12.6. The minimum Gasteiger partial charge on any atom is -0.455 e. The fraction of sp³-hybridized carbons (Fsp3) is 0.267. The molecule has 0 amide bonds. The second-order valence-electron chi connectivity index (χ2n) is 4.84. The molecular weight excluding hydrogens is 252 g/mol. The predicted octanol–water partition coefficient (Wildman–Crippen LogP) is 2.22. The summed E-state index contributed by atoms with van der Waals surface area (Å²) in [6.07, 6.45) is 4.67. The molecule has 0 fully saturated rings. The Kier molecular flexibility index (Phi) is 3.33. The molecule has 3 rings (SSSR count). The molecule has 1 atom stereocenters. The van der Waals surface area contributed by atoms with E-state index in [-0.39, 0.29) is 18.0 Å². The SMILES string of the molecule is N=C(N)c1ccnc(OC2CCCc3ccccc32)n1. The number of ether oxygens (including phenoxy) is 1. The quantitative estimate of drug-likeness (QED) is 0.660. The number of rotatable bonds is 3. The summed E-state index contributed by atoms with van der Waals surface area (Å²) in [5, 5.41) is 7.40. The summed E-state index contributed by atoms with van der Waals surface area (Å²) in [6, 6.07) is 10.2. The Labute approximate surface area is 117 Å². The minimum absolute atomic E-state index is 0.0258. The van der Waals surface area contributed by atoms with Crippen LogP contribution in [0.15, 0.2) is 36.5 Å². The van der Waals surface area contributed by atoms with E-state index in [4.69, 9.17) is 15.9 Å². The van der Waals surface area contributed by atoms with Crippen molar-refractivity contribution < 1.29 is 4.74 Å². The second kappa shape index (κ2) is 5.28. The van der Waals surface area contributed by atoms with Crippen molar-refractivity contribution in [2.24, 2.45) is 5.73 Å². The first-order valence-electron chi connectivity index (χ1n) is 6.66. The van der Waals surface area contributed by atoms with E-state index in [1.165, 1.54) is 11.1 Å². The zero-order chi connectivity index (χ0) is 13.9. The van der Waals surface area contributed by atoms with Crippen LogP contribution in [0.5, 0.6) is 6.01 Å². The van der Waals surface area contributed by atoms with Gasteiger partial charge in [0.15, 0.2) is 0 Å². The van der Waals surface area contributed by atoms with Crippen molar-refractivity contribution in [3.05, 3.63) is 53.3 Å². The molecule has 0 radical (unpaired) electrons. The predicted molar refractivity (Wildman–Crippen MR) is 75.8 cm³/mol. The number of hydrogen-bond donors (Lipinski definition) is 2. The maximum absolute atomic E-state index is 7.40. The number of nitrogen functional groups attached to an aromatic ring is 1. The Hall–Kier alpha value is -2.43. The third-order valence-corrected chi connectivity index (χ3v) is 3.47. The highest BCUT2D eigenvalue weighted by atomic mass is 16.5. The van der Waals surface area contributed by atoms with Crippen molar-refractivity contribution in [1.82, 2.24) is 9.97 Å². The van der Waals surface area contributed by atoms with Crippen LogP contribution < -0.4 is 10.5 Å². The van der Waals surface area contributed by atoms with Crippen LogP contribution in [0.3, 0.4) is 0 Å². The van der Waals surface area contributed by atoms with Gasteiger partial charge in [-0.1, -0.05) is 24.3 Å². The van der Waals surface area contributed by atoms with Crippen LogP contribution in [-0.4, -0.2) is 15.8 Å². The van der Waals surface area contributed by atoms with Crippen LogP contribution in [0.4, 0.5) is 0 Å². The van der Waals surface area contributed by atoms with Gasteiger partial charge in [-0.15, -0.1) is 0 Å². The normalized spacial score (nSPS) is 17.3. The maximum atomic E-state index is 7.40. The summed E-state index contributed by atoms with van der Waals surface area (Å²) >= 11 is 0. The summed E-state index contributed by atoms with van der Waals surface area (Å²) in [6.45, 7) is 0. The monoisotopic (exact) mass is 268 g/mol. The van der Waals surface area contributed by atoms with Gasteiger partial charge >= 0.3 is 6.01 Å². The Morgan fingerprint density at radius 1 is 1.30 bits per heavy atom. The van der Waals surface area contributed by atoms with Gasteiger partial charge in [0.05, 0.1) is 0 Å². The van der Waals surface area contributed by atoms with Crippen LogP contribution in [0.25, 0.3) is 0 Å². The summed E-state index contributed by atoms with van der Waals surface area (Å²) in [4.78, 5) is 8.26. The van der Waals surface area contributed by atoms with E-state index in [1.807, 2.05) is 12.1 Å². The molecule has 2 aromatic rings. The number of nitrogens with two attached hydrogens (primary N) is 1. The van der Waals surface area contributed by atoms with Gasteiger partial charge in [-0.25, -0.2) is 4.98 Å². The van der Waals surface area contributed by atoms with E-state index in [2.05, 4.69) is 22.1 Å². The number of benzene rings is 1. The third-order valence-electron chi connectivity index (χ3n) is 3.47. The molecule has 0 aliphatic heterocycles. The zero-order valence-corrected chi connectivity index (χ0v) is 11.0. The molecule has 0 saturated carbocycles. The molecule has 1 heterocycles. The Bertz CT molecular complexity index is 641. The van der Waals surface area contributed by atoms with Gasteiger partial charge < -0.3 is 10.5 Å². The van der Waals surface area contributed by atoms with Crippen molar-refractivity contribution >= 4 is 5.84 Å². The molecule has 1 aromatic carbocycles. The van der Waals surface area contributed by atoms with Crippen LogP contribution in [0, 0.1) is 5.41 Å². The van der Waals surface area contributed by atoms with Gasteiger partial charge in [0.1, 0.15) is 17.6 Å². The molecule has 20 heavy (non-hydrogen) atoms. The highest BCUT2D eigenvalue weighted by Gasteiger charge is 2.22. The lowest BCUT2D eigenvalue weighted by molar-refractivity contribution is 0.167. The van der Waals surface area contributed by atoms with Crippen molar-refractivity contribution in [2.45, 2.75) is 25.4 Å². The van der Waals surface area contributed by atoms with E-state index in [1.54, 1.807) is 12.3 Å². The van der Waals surface area contributed by atoms with Gasteiger partial charge in [0, 0.05) is 6.20 Å². The average Bonchev–Trinajstić information content (AvgIpc) is 2.48. The van der Waals surface area contributed by atoms with Gasteiger partial charge in [-0.2, -0.15) is 4.98 Å². The lowest BCUT2D eigenvalue weighted by Crippen LogP contribution is -2.18. The number of nitrogens with one attached hydrogen (secondary N) is 1. The topological polar surface area (TPSA) is 84.9 Å². The molecule has 1 aliphatic carbocycles. The number of aromatic nitrogens is 2. The number of fused-ring (bicyclic) bond motifs is 1. The number of nitrogens with zero attached hydrogens (tertiary/aromatic N) is 2. The standard InChI is InChI=1S/C15H16N4O/c16-14(17)12-8-9-18-15(19-12)20-13-7-3-5-10-4-1-2-6-11(10)13/h1-2,4,6,8-9,13H,3,5,7H2,(H3,16,17). The van der Waals surface area contributed by atoms with Gasteiger partial charge in [-0.3, -0.25) is 5.41 Å². The molecule has 1 unspecified atom stereocenters. The molecule has 3 N–H and O–H groups in total. The van der Waals surface area contributed by atoms with Gasteiger partial charge in [0.25, 0.3) is 0 Å². The number of hydrogen-bond acceptors (Lipinski definition) is 4. The Morgan fingerprint density at radius 2 is 2.15 bits per heavy atom. The highest BCUT2D eigenvalue weighted by Crippen LogP contribution is 2.32. The molecule has 5 nitrogen and oxygen atoms in total. The summed E-state index contributed by atoms with van der Waals surface area (Å²) in [7, 11) is 0. The minimum atomic E-state index is -0.0821. The third kappa shape index (κ3) is 2.47. The molecule has 1 aliphatic rings. The first-order valence-corrected chi connectivity index (χ1v) is 6.66. The number of aryl methyl sites for hydroxylation is 1. The van der Waals surface area contributed by atoms with Gasteiger partial charge in [-0.05, 0) is 36.5 Å². The van der Waals surface area contributed by atoms with E-state index in [0.29, 0.717) is 5.69 Å². The number of amidine groups is 1. The van der Waals surface area contributed by atoms with Crippen LogP contribution in [0.1, 0.15) is 35.8 Å². The van der Waals surface area contributed by atoms with Crippen LogP contribution in [0.2, 0.25) is 0 Å². The molecule has 1 aromatic heterocycles. The van der Waals surface area contributed by atoms with Crippen LogP contribution in [-0.2, 0) is 6.42 Å². The molecule has 0 spiro atoms. The van der Waals surface area contributed by atoms with Crippen molar-refractivity contribution in [2.75, 3.05) is 0 Å². The fourth-order valence-electron chi connectivity index (χ4n) is 2.51. The summed E-state index contributed by atoms with van der Waals surface area (Å²) < 4.78 is 5.90. The maximum Gasteiger partial charge on any atom is 0.317 e. The Morgan fingerprint density at radius 3 is 3.00 bits per heavy atom. The Balaban J connectivity index is 1.85. The van der Waals surface area contributed by atoms with E-state index in [0.717, 1.165) is 19.3 Å². The smallest absolute Gasteiger partial charge is 0.317 e. The van der Waals surface area contributed by atoms with Gasteiger partial charge in [0.2, 0.25) is 0 Å². The van der Waals surface area contributed by atoms with E-state index in [9.17, 15) is 0 Å². The van der Waals surface area contributed by atoms with Crippen molar-refractivity contribution in [3.8, 4) is 6.01 Å². The molecule has 5 heteroatoms.